The van der Waals surface area contributed by atoms with Crippen LogP contribution in [0.1, 0.15) is 12.7 Å². The van der Waals surface area contributed by atoms with Gasteiger partial charge in [-0.05, 0) is 37.3 Å². The van der Waals surface area contributed by atoms with Crippen LogP contribution >= 0.6 is 11.6 Å². The fraction of sp³-hybridized carbons (Fsp3) is 0.136. The summed E-state index contributed by atoms with van der Waals surface area (Å²) in [4.78, 5) is 21.4. The van der Waals surface area contributed by atoms with Crippen molar-refractivity contribution in [2.75, 3.05) is 7.11 Å². The first-order chi connectivity index (χ1) is 14.5. The van der Waals surface area contributed by atoms with Crippen LogP contribution < -0.4 is 9.47 Å². The summed E-state index contributed by atoms with van der Waals surface area (Å²) in [5.74, 6) is 1.30. The predicted octanol–water partition coefficient (Wildman–Crippen LogP) is 4.72. The number of hydrogen-bond donors (Lipinski definition) is 0. The van der Waals surface area contributed by atoms with Crippen molar-refractivity contribution in [3.8, 4) is 17.2 Å². The van der Waals surface area contributed by atoms with E-state index in [1.807, 2.05) is 46.2 Å². The number of nitrogens with zero attached hydrogens (tertiary/aromatic N) is 4. The highest BCUT2D eigenvalue weighted by Crippen LogP contribution is 2.36. The van der Waals surface area contributed by atoms with Gasteiger partial charge < -0.3 is 9.47 Å². The summed E-state index contributed by atoms with van der Waals surface area (Å²) >= 11 is 6.34. The number of imidazole rings is 1. The lowest BCUT2D eigenvalue weighted by atomic mass is 10.3. The number of hydrogen-bond acceptors (Lipinski definition) is 5. The number of halogens is 1. The summed E-state index contributed by atoms with van der Waals surface area (Å²) in [5, 5.41) is 1.12. The molecule has 7 nitrogen and oxygen atoms in total. The molecule has 8 heteroatoms. The summed E-state index contributed by atoms with van der Waals surface area (Å²) in [7, 11) is 1.56. The Morgan fingerprint density at radius 3 is 2.60 bits per heavy atom. The molecule has 5 aromatic rings. The number of aryl methyl sites for hydroxylation is 1. The smallest absolute Gasteiger partial charge is 0.308 e. The van der Waals surface area contributed by atoms with E-state index in [0.717, 1.165) is 22.5 Å². The average molecular weight is 421 g/mol. The van der Waals surface area contributed by atoms with Crippen molar-refractivity contribution in [1.29, 1.82) is 0 Å². The second-order valence-electron chi connectivity index (χ2n) is 6.89. The number of carbonyl (C=O) groups is 1. The van der Waals surface area contributed by atoms with Gasteiger partial charge in [0.25, 0.3) is 0 Å². The van der Waals surface area contributed by atoms with Crippen molar-refractivity contribution >= 4 is 45.3 Å². The van der Waals surface area contributed by atoms with Crippen molar-refractivity contribution in [3.05, 3.63) is 59.5 Å². The maximum absolute atomic E-state index is 11.8. The minimum absolute atomic E-state index is 0.386. The number of methoxy groups -OCH3 is 1. The van der Waals surface area contributed by atoms with Gasteiger partial charge in [-0.1, -0.05) is 23.7 Å². The van der Waals surface area contributed by atoms with Gasteiger partial charge >= 0.3 is 5.97 Å². The third-order valence-electron chi connectivity index (χ3n) is 4.99. The van der Waals surface area contributed by atoms with Gasteiger partial charge in [0, 0.05) is 12.6 Å². The van der Waals surface area contributed by atoms with E-state index in [-0.39, 0.29) is 0 Å². The highest BCUT2D eigenvalue weighted by molar-refractivity contribution is 6.32. The summed E-state index contributed by atoms with van der Waals surface area (Å²) in [5.41, 5.74) is 3.83. The lowest BCUT2D eigenvalue weighted by Crippen LogP contribution is -2.02. The van der Waals surface area contributed by atoms with Gasteiger partial charge in [-0.2, -0.15) is 0 Å². The van der Waals surface area contributed by atoms with E-state index >= 15 is 0 Å². The minimum atomic E-state index is -0.420. The third kappa shape index (κ3) is 2.70. The van der Waals surface area contributed by atoms with Crippen molar-refractivity contribution in [3.63, 3.8) is 0 Å². The van der Waals surface area contributed by atoms with Crippen LogP contribution in [-0.4, -0.2) is 32.0 Å². The van der Waals surface area contributed by atoms with Crippen LogP contribution in [-0.2, 0) is 4.79 Å². The molecule has 0 atom stereocenters. The Balaban J connectivity index is 1.89. The van der Waals surface area contributed by atoms with Crippen molar-refractivity contribution < 1.29 is 14.3 Å². The van der Waals surface area contributed by atoms with Gasteiger partial charge in [-0.3, -0.25) is 13.8 Å². The molecule has 2 aromatic carbocycles. The van der Waals surface area contributed by atoms with Gasteiger partial charge in [0.05, 0.1) is 29.4 Å². The van der Waals surface area contributed by atoms with Crippen LogP contribution in [0.3, 0.4) is 0 Å². The Hall–Kier alpha value is -3.58. The van der Waals surface area contributed by atoms with E-state index in [1.165, 1.54) is 6.92 Å². The number of aromatic nitrogens is 4. The number of rotatable bonds is 3. The SMILES string of the molecule is COc1ccc(-n2cc(OC(C)=O)c3c2nc(C)n2c4ccccc4nc32)cc1Cl. The zero-order chi connectivity index (χ0) is 21.0. The molecule has 0 saturated heterocycles. The standard InChI is InChI=1S/C22H17ClN4O3/c1-12-24-21-20(22-25-16-6-4-5-7-17(16)27(12)22)19(30-13(2)28)11-26(21)14-8-9-18(29-3)15(23)10-14/h4-11H,1-3H3. The molecule has 0 N–H and O–H groups in total. The van der Waals surface area contributed by atoms with Gasteiger partial charge in [0.15, 0.2) is 17.0 Å². The Kier molecular flexibility index (Phi) is 4.15. The fourth-order valence-electron chi connectivity index (χ4n) is 3.75. The van der Waals surface area contributed by atoms with Crippen LogP contribution in [0.2, 0.25) is 5.02 Å². The normalized spacial score (nSPS) is 11.5. The van der Waals surface area contributed by atoms with Crippen molar-refractivity contribution in [1.82, 2.24) is 18.9 Å². The Morgan fingerprint density at radius 2 is 1.87 bits per heavy atom. The maximum atomic E-state index is 11.8. The fourth-order valence-corrected chi connectivity index (χ4v) is 4.00. The van der Waals surface area contributed by atoms with Crippen molar-refractivity contribution in [2.24, 2.45) is 0 Å². The molecular weight excluding hydrogens is 404 g/mol. The number of fused-ring (bicyclic) bond motifs is 5. The molecule has 0 aliphatic heterocycles. The monoisotopic (exact) mass is 420 g/mol. The highest BCUT2D eigenvalue weighted by Gasteiger charge is 2.21. The lowest BCUT2D eigenvalue weighted by Gasteiger charge is -2.09. The molecule has 0 saturated carbocycles. The largest absolute Gasteiger partial charge is 0.495 e. The van der Waals surface area contributed by atoms with Gasteiger partial charge in [0.1, 0.15) is 17.0 Å². The molecule has 0 unspecified atom stereocenters. The van der Waals surface area contributed by atoms with E-state index in [1.54, 1.807) is 25.4 Å². The minimum Gasteiger partial charge on any atom is -0.495 e. The van der Waals surface area contributed by atoms with Gasteiger partial charge in [-0.15, -0.1) is 0 Å². The number of esters is 1. The van der Waals surface area contributed by atoms with E-state index in [9.17, 15) is 4.79 Å². The molecule has 150 valence electrons. The first-order valence-electron chi connectivity index (χ1n) is 9.29. The molecule has 3 aromatic heterocycles. The molecule has 0 fully saturated rings. The quantitative estimate of drug-likeness (QED) is 0.395. The van der Waals surface area contributed by atoms with E-state index < -0.39 is 5.97 Å². The Labute approximate surface area is 176 Å². The second kappa shape index (κ2) is 6.74. The van der Waals surface area contributed by atoms with E-state index in [4.69, 9.17) is 31.0 Å². The molecule has 0 bridgehead atoms. The molecule has 0 spiro atoms. The van der Waals surface area contributed by atoms with Crippen LogP contribution in [0.15, 0.2) is 48.7 Å². The van der Waals surface area contributed by atoms with E-state index in [0.29, 0.717) is 33.2 Å². The average Bonchev–Trinajstić information content (AvgIpc) is 3.26. The lowest BCUT2D eigenvalue weighted by molar-refractivity contribution is -0.131. The van der Waals surface area contributed by atoms with Crippen LogP contribution in [0.5, 0.6) is 11.5 Å². The topological polar surface area (TPSA) is 70.7 Å². The zero-order valence-corrected chi connectivity index (χ0v) is 17.3. The first kappa shape index (κ1) is 18.4. The highest BCUT2D eigenvalue weighted by atomic mass is 35.5. The van der Waals surface area contributed by atoms with Crippen molar-refractivity contribution in [2.45, 2.75) is 13.8 Å². The van der Waals surface area contributed by atoms with Gasteiger partial charge in [-0.25, -0.2) is 9.97 Å². The summed E-state index contributed by atoms with van der Waals surface area (Å²) in [6, 6.07) is 13.3. The third-order valence-corrected chi connectivity index (χ3v) is 5.28. The Morgan fingerprint density at radius 1 is 1.07 bits per heavy atom. The first-order valence-corrected chi connectivity index (χ1v) is 9.67. The van der Waals surface area contributed by atoms with E-state index in [2.05, 4.69) is 0 Å². The molecule has 30 heavy (non-hydrogen) atoms. The summed E-state index contributed by atoms with van der Waals surface area (Å²) in [6.07, 6.45) is 1.73. The van der Waals surface area contributed by atoms with Gasteiger partial charge in [0.2, 0.25) is 0 Å². The number of ether oxygens (including phenoxy) is 2. The molecule has 0 aliphatic carbocycles. The van der Waals surface area contributed by atoms with Crippen LogP contribution in [0, 0.1) is 6.92 Å². The van der Waals surface area contributed by atoms with Crippen LogP contribution in [0.4, 0.5) is 0 Å². The number of carbonyl (C=O) groups excluding carboxylic acids is 1. The second-order valence-corrected chi connectivity index (χ2v) is 7.30. The number of para-hydroxylation sites is 2. The molecule has 0 radical (unpaired) electrons. The van der Waals surface area contributed by atoms with Crippen LogP contribution in [0.25, 0.3) is 33.4 Å². The molecule has 0 aliphatic rings. The molecule has 5 rings (SSSR count). The number of benzene rings is 2. The predicted molar refractivity (Wildman–Crippen MR) is 115 cm³/mol. The zero-order valence-electron chi connectivity index (χ0n) is 16.5. The molecule has 3 heterocycles. The summed E-state index contributed by atoms with van der Waals surface area (Å²) in [6.45, 7) is 3.29. The maximum Gasteiger partial charge on any atom is 0.308 e. The summed E-state index contributed by atoms with van der Waals surface area (Å²) < 4.78 is 14.6. The molecule has 0 amide bonds. The molecular formula is C22H17ClN4O3. The Bertz CT molecular complexity index is 1470.